The second-order valence-corrected chi connectivity index (χ2v) is 5.61. The zero-order valence-corrected chi connectivity index (χ0v) is 12.6. The van der Waals surface area contributed by atoms with E-state index in [4.69, 9.17) is 11.6 Å². The van der Waals surface area contributed by atoms with Crippen molar-refractivity contribution in [2.45, 2.75) is 6.92 Å². The molecule has 0 aliphatic heterocycles. The lowest BCUT2D eigenvalue weighted by atomic mass is 10.2. The smallest absolute Gasteiger partial charge is 0.307 e. The van der Waals surface area contributed by atoms with E-state index in [1.807, 2.05) is 0 Å². The molecule has 7 nitrogen and oxygen atoms in total. The third-order valence-corrected chi connectivity index (χ3v) is 4.27. The van der Waals surface area contributed by atoms with Gasteiger partial charge in [-0.05, 0) is 19.1 Å². The van der Waals surface area contributed by atoms with E-state index in [1.165, 1.54) is 16.7 Å². The van der Waals surface area contributed by atoms with Crippen LogP contribution < -0.4 is 10.2 Å². The van der Waals surface area contributed by atoms with Crippen molar-refractivity contribution in [2.24, 2.45) is 7.05 Å². The summed E-state index contributed by atoms with van der Waals surface area (Å²) in [6, 6.07) is 3.93. The molecule has 0 aliphatic rings. The van der Waals surface area contributed by atoms with Crippen molar-refractivity contribution in [1.82, 2.24) is 4.57 Å². The number of nitrogens with zero attached hydrogens (tertiary/aromatic N) is 2. The Hall–Kier alpha value is -2.19. The number of carbonyl (C=O) groups excluding carboxylic acids is 1. The molecule has 0 radical (unpaired) electrons. The summed E-state index contributed by atoms with van der Waals surface area (Å²) in [4.78, 5) is 33.9. The molecule has 1 N–H and O–H groups in total. The van der Waals surface area contributed by atoms with Gasteiger partial charge in [0, 0.05) is 23.8 Å². The predicted octanol–water partition coefficient (Wildman–Crippen LogP) is 2.57. The Morgan fingerprint density at radius 2 is 2.14 bits per heavy atom. The molecule has 0 atom stereocenters. The average Bonchev–Trinajstić information content (AvgIpc) is 2.68. The van der Waals surface area contributed by atoms with Crippen LogP contribution in [0.4, 0.5) is 11.4 Å². The number of aromatic nitrogens is 1. The largest absolute Gasteiger partial charge is 0.315 e. The normalized spacial score (nSPS) is 10.4. The van der Waals surface area contributed by atoms with Gasteiger partial charge in [0.1, 0.15) is 10.6 Å². The van der Waals surface area contributed by atoms with E-state index >= 15 is 0 Å². The highest BCUT2D eigenvalue weighted by molar-refractivity contribution is 7.11. The van der Waals surface area contributed by atoms with Crippen LogP contribution in [0.3, 0.4) is 0 Å². The van der Waals surface area contributed by atoms with Gasteiger partial charge < -0.3 is 9.88 Å². The summed E-state index contributed by atoms with van der Waals surface area (Å²) in [6.07, 6.45) is 0. The molecule has 0 unspecified atom stereocenters. The number of rotatable bonds is 3. The number of nitro groups is 1. The Kier molecular flexibility index (Phi) is 4.10. The van der Waals surface area contributed by atoms with Crippen LogP contribution in [0.5, 0.6) is 0 Å². The SMILES string of the molecule is Cc1c(C(=O)Nc2ccc(Cl)cc2[N+](=O)[O-])sc(=O)n1C. The number of halogens is 1. The molecule has 0 aliphatic carbocycles. The Morgan fingerprint density at radius 3 is 2.67 bits per heavy atom. The van der Waals surface area contributed by atoms with Crippen molar-refractivity contribution in [1.29, 1.82) is 0 Å². The van der Waals surface area contributed by atoms with Crippen molar-refractivity contribution in [3.8, 4) is 0 Å². The van der Waals surface area contributed by atoms with Crippen molar-refractivity contribution in [3.63, 3.8) is 0 Å². The fourth-order valence-corrected chi connectivity index (χ4v) is 2.71. The number of nitrogens with one attached hydrogen (secondary N) is 1. The Morgan fingerprint density at radius 1 is 1.48 bits per heavy atom. The lowest BCUT2D eigenvalue weighted by Crippen LogP contribution is -2.13. The molecule has 2 rings (SSSR count). The summed E-state index contributed by atoms with van der Waals surface area (Å²) in [5.74, 6) is -0.569. The molecule has 0 saturated carbocycles. The summed E-state index contributed by atoms with van der Waals surface area (Å²) in [5, 5.41) is 13.6. The molecule has 21 heavy (non-hydrogen) atoms. The standard InChI is InChI=1S/C12H10ClN3O4S/c1-6-10(21-12(18)15(6)2)11(17)14-8-4-3-7(13)5-9(8)16(19)20/h3-5H,1-2H3,(H,14,17). The van der Waals surface area contributed by atoms with Crippen molar-refractivity contribution in [2.75, 3.05) is 5.32 Å². The number of benzene rings is 1. The highest BCUT2D eigenvalue weighted by Gasteiger charge is 2.20. The first kappa shape index (κ1) is 15.2. The van der Waals surface area contributed by atoms with E-state index in [9.17, 15) is 19.7 Å². The van der Waals surface area contributed by atoms with Gasteiger partial charge in [0.15, 0.2) is 0 Å². The minimum atomic E-state index is -0.637. The van der Waals surface area contributed by atoms with Gasteiger partial charge in [0.25, 0.3) is 11.6 Å². The van der Waals surface area contributed by atoms with Crippen LogP contribution in [0.1, 0.15) is 15.4 Å². The van der Waals surface area contributed by atoms with Crippen molar-refractivity contribution in [3.05, 3.63) is 53.6 Å². The quantitative estimate of drug-likeness (QED) is 0.692. The number of anilines is 1. The number of thiazole rings is 1. The molecule has 1 aromatic carbocycles. The zero-order chi connectivity index (χ0) is 15.7. The molecule has 1 amide bonds. The maximum atomic E-state index is 12.2. The molecule has 0 bridgehead atoms. The molecule has 1 heterocycles. The first-order valence-electron chi connectivity index (χ1n) is 5.73. The summed E-state index contributed by atoms with van der Waals surface area (Å²) in [5.41, 5.74) is 0.216. The van der Waals surface area contributed by atoms with Gasteiger partial charge in [-0.3, -0.25) is 19.7 Å². The molecule has 110 valence electrons. The van der Waals surface area contributed by atoms with E-state index in [-0.39, 0.29) is 26.1 Å². The summed E-state index contributed by atoms with van der Waals surface area (Å²) < 4.78 is 1.34. The summed E-state index contributed by atoms with van der Waals surface area (Å²) in [7, 11) is 1.55. The fourth-order valence-electron chi connectivity index (χ4n) is 1.67. The molecular formula is C12H10ClN3O4S. The van der Waals surface area contributed by atoms with E-state index in [2.05, 4.69) is 5.32 Å². The van der Waals surface area contributed by atoms with Gasteiger partial charge in [-0.1, -0.05) is 22.9 Å². The van der Waals surface area contributed by atoms with Gasteiger partial charge in [-0.15, -0.1) is 0 Å². The molecule has 0 spiro atoms. The first-order chi connectivity index (χ1) is 9.81. The number of hydrogen-bond donors (Lipinski definition) is 1. The monoisotopic (exact) mass is 327 g/mol. The lowest BCUT2D eigenvalue weighted by molar-refractivity contribution is -0.383. The maximum absolute atomic E-state index is 12.2. The first-order valence-corrected chi connectivity index (χ1v) is 6.92. The van der Waals surface area contributed by atoms with Crippen LogP contribution in [-0.2, 0) is 7.05 Å². The van der Waals surface area contributed by atoms with Crippen LogP contribution >= 0.6 is 22.9 Å². The van der Waals surface area contributed by atoms with Gasteiger partial charge in [0.05, 0.1) is 4.92 Å². The third-order valence-electron chi connectivity index (χ3n) is 2.91. The molecule has 0 saturated heterocycles. The van der Waals surface area contributed by atoms with E-state index in [0.29, 0.717) is 5.69 Å². The van der Waals surface area contributed by atoms with Crippen molar-refractivity contribution >= 4 is 40.2 Å². The second-order valence-electron chi connectivity index (χ2n) is 4.21. The molecule has 9 heteroatoms. The number of amides is 1. The highest BCUT2D eigenvalue weighted by Crippen LogP contribution is 2.28. The lowest BCUT2D eigenvalue weighted by Gasteiger charge is -2.05. The minimum Gasteiger partial charge on any atom is -0.315 e. The van der Waals surface area contributed by atoms with E-state index in [0.717, 1.165) is 17.4 Å². The van der Waals surface area contributed by atoms with Gasteiger partial charge in [-0.25, -0.2) is 0 Å². The minimum absolute atomic E-state index is 0.0253. The Labute approximate surface area is 127 Å². The molecule has 1 aromatic heterocycles. The van der Waals surface area contributed by atoms with Crippen molar-refractivity contribution < 1.29 is 9.72 Å². The van der Waals surface area contributed by atoms with Gasteiger partial charge in [-0.2, -0.15) is 0 Å². The van der Waals surface area contributed by atoms with E-state index in [1.54, 1.807) is 14.0 Å². The van der Waals surface area contributed by atoms with Crippen LogP contribution in [0.15, 0.2) is 23.0 Å². The summed E-state index contributed by atoms with van der Waals surface area (Å²) >= 11 is 6.49. The number of nitro benzene ring substituents is 1. The van der Waals surface area contributed by atoms with Gasteiger partial charge >= 0.3 is 4.87 Å². The van der Waals surface area contributed by atoms with Crippen LogP contribution in [-0.4, -0.2) is 15.4 Å². The third kappa shape index (κ3) is 2.96. The second kappa shape index (κ2) is 5.66. The van der Waals surface area contributed by atoms with E-state index < -0.39 is 10.8 Å². The fraction of sp³-hybridized carbons (Fsp3) is 0.167. The Bertz CT molecular complexity index is 796. The zero-order valence-electron chi connectivity index (χ0n) is 11.0. The molecule has 2 aromatic rings. The van der Waals surface area contributed by atoms with Gasteiger partial charge in [0.2, 0.25) is 0 Å². The average molecular weight is 328 g/mol. The van der Waals surface area contributed by atoms with Crippen LogP contribution in [0, 0.1) is 17.0 Å². The molecular weight excluding hydrogens is 318 g/mol. The number of carbonyl (C=O) groups is 1. The predicted molar refractivity (Wildman–Crippen MR) is 80.4 cm³/mol. The number of hydrogen-bond acceptors (Lipinski definition) is 5. The topological polar surface area (TPSA) is 94.2 Å². The van der Waals surface area contributed by atoms with Crippen LogP contribution in [0.25, 0.3) is 0 Å². The maximum Gasteiger partial charge on any atom is 0.307 e. The Balaban J connectivity index is 2.38. The molecule has 0 fully saturated rings. The van der Waals surface area contributed by atoms with Crippen LogP contribution in [0.2, 0.25) is 5.02 Å². The highest BCUT2D eigenvalue weighted by atomic mass is 35.5. The summed E-state index contributed by atoms with van der Waals surface area (Å²) in [6.45, 7) is 1.63.